The Morgan fingerprint density at radius 1 is 1.31 bits per heavy atom. The molecule has 1 heterocycles. The lowest BCUT2D eigenvalue weighted by atomic mass is 9.84. The Labute approximate surface area is 102 Å². The van der Waals surface area contributed by atoms with E-state index >= 15 is 0 Å². The van der Waals surface area contributed by atoms with Crippen LogP contribution in [0.15, 0.2) is 18.2 Å². The van der Waals surface area contributed by atoms with Gasteiger partial charge in [-0.15, -0.1) is 0 Å². The highest BCUT2D eigenvalue weighted by molar-refractivity contribution is 7.80. The van der Waals surface area contributed by atoms with Crippen LogP contribution in [0.5, 0.6) is 11.5 Å². The zero-order valence-corrected chi connectivity index (χ0v) is 10.5. The number of hydrogen-bond acceptors (Lipinski definition) is 4. The summed E-state index contributed by atoms with van der Waals surface area (Å²) in [5.74, 6) is 2.37. The molecule has 0 saturated heterocycles. The van der Waals surface area contributed by atoms with Gasteiger partial charge in [-0.05, 0) is 17.7 Å². The summed E-state index contributed by atoms with van der Waals surface area (Å²) in [5, 5.41) is 3.25. The van der Waals surface area contributed by atoms with Crippen molar-refractivity contribution in [2.75, 3.05) is 19.2 Å². The zero-order valence-electron chi connectivity index (χ0n) is 9.62. The molecule has 2 rings (SSSR count). The lowest BCUT2D eigenvalue weighted by Crippen LogP contribution is -2.32. The molecule has 88 valence electrons. The van der Waals surface area contributed by atoms with E-state index in [2.05, 4.69) is 43.9 Å². The van der Waals surface area contributed by atoms with Gasteiger partial charge in [0.1, 0.15) is 0 Å². The van der Waals surface area contributed by atoms with E-state index in [0.29, 0.717) is 12.7 Å². The molecule has 1 aromatic rings. The minimum absolute atomic E-state index is 0.0592. The van der Waals surface area contributed by atoms with Crippen LogP contribution in [0.25, 0.3) is 0 Å². The van der Waals surface area contributed by atoms with Crippen LogP contribution in [0.1, 0.15) is 19.4 Å². The molecule has 0 atom stereocenters. The van der Waals surface area contributed by atoms with Crippen molar-refractivity contribution >= 4 is 12.6 Å². The molecule has 16 heavy (non-hydrogen) atoms. The molecule has 0 unspecified atom stereocenters. The highest BCUT2D eigenvalue weighted by Crippen LogP contribution is 2.36. The van der Waals surface area contributed by atoms with Crippen LogP contribution in [-0.4, -0.2) is 19.2 Å². The molecule has 3 nitrogen and oxygen atoms in total. The standard InChI is InChI=1S/C12H17NO2S/c1-12(2,6-13-7-16)9-3-4-10-11(5-9)15-8-14-10/h3-5,13,16H,6-8H2,1-2H3. The Morgan fingerprint density at radius 2 is 2.06 bits per heavy atom. The first-order chi connectivity index (χ1) is 7.63. The van der Waals surface area contributed by atoms with Crippen molar-refractivity contribution in [3.05, 3.63) is 23.8 Å². The van der Waals surface area contributed by atoms with E-state index in [1.54, 1.807) is 0 Å². The Bertz CT molecular complexity index is 379. The van der Waals surface area contributed by atoms with E-state index in [1.807, 2.05) is 6.07 Å². The fourth-order valence-corrected chi connectivity index (χ4v) is 1.90. The topological polar surface area (TPSA) is 30.5 Å². The highest BCUT2D eigenvalue weighted by Gasteiger charge is 2.23. The number of ether oxygens (including phenoxy) is 2. The number of nitrogens with one attached hydrogen (secondary N) is 1. The lowest BCUT2D eigenvalue weighted by molar-refractivity contribution is 0.174. The predicted molar refractivity (Wildman–Crippen MR) is 67.4 cm³/mol. The molecule has 0 radical (unpaired) electrons. The quantitative estimate of drug-likeness (QED) is 0.623. The van der Waals surface area contributed by atoms with Gasteiger partial charge in [0.15, 0.2) is 11.5 Å². The minimum Gasteiger partial charge on any atom is -0.454 e. The van der Waals surface area contributed by atoms with Crippen molar-refractivity contribution in [2.45, 2.75) is 19.3 Å². The van der Waals surface area contributed by atoms with Crippen LogP contribution in [0.2, 0.25) is 0 Å². The second kappa shape index (κ2) is 4.55. The van der Waals surface area contributed by atoms with Crippen LogP contribution in [0.3, 0.4) is 0 Å². The molecule has 0 aromatic heterocycles. The molecular formula is C12H17NO2S. The molecule has 1 N–H and O–H groups in total. The summed E-state index contributed by atoms with van der Waals surface area (Å²) in [4.78, 5) is 0. The van der Waals surface area contributed by atoms with Crippen LogP contribution < -0.4 is 14.8 Å². The molecule has 1 aromatic carbocycles. The summed E-state index contributed by atoms with van der Waals surface area (Å²) < 4.78 is 10.7. The Hall–Kier alpha value is -0.870. The average Bonchev–Trinajstić information content (AvgIpc) is 2.73. The van der Waals surface area contributed by atoms with Crippen LogP contribution in [-0.2, 0) is 5.41 Å². The highest BCUT2D eigenvalue weighted by atomic mass is 32.1. The van der Waals surface area contributed by atoms with Gasteiger partial charge >= 0.3 is 0 Å². The van der Waals surface area contributed by atoms with Crippen LogP contribution >= 0.6 is 12.6 Å². The molecule has 4 heteroatoms. The van der Waals surface area contributed by atoms with E-state index in [9.17, 15) is 0 Å². The predicted octanol–water partition coefficient (Wildman–Crippen LogP) is 2.17. The smallest absolute Gasteiger partial charge is 0.231 e. The van der Waals surface area contributed by atoms with Crippen molar-refractivity contribution in [3.63, 3.8) is 0 Å². The molecule has 0 fully saturated rings. The van der Waals surface area contributed by atoms with Gasteiger partial charge in [-0.1, -0.05) is 19.9 Å². The molecule has 0 aliphatic carbocycles. The van der Waals surface area contributed by atoms with Gasteiger partial charge in [0.05, 0.1) is 0 Å². The SMILES string of the molecule is CC(C)(CNCS)c1ccc2c(c1)OCO2. The van der Waals surface area contributed by atoms with Gasteiger partial charge in [0, 0.05) is 17.8 Å². The fraction of sp³-hybridized carbons (Fsp3) is 0.500. The molecule has 1 aliphatic rings. The maximum absolute atomic E-state index is 5.38. The summed E-state index contributed by atoms with van der Waals surface area (Å²) in [6, 6.07) is 6.12. The van der Waals surface area contributed by atoms with Crippen molar-refractivity contribution < 1.29 is 9.47 Å². The Kier molecular flexibility index (Phi) is 3.30. The number of hydrogen-bond donors (Lipinski definition) is 2. The van der Waals surface area contributed by atoms with Gasteiger partial charge in [0.2, 0.25) is 6.79 Å². The molecule has 0 amide bonds. The maximum Gasteiger partial charge on any atom is 0.231 e. The van der Waals surface area contributed by atoms with E-state index in [0.717, 1.165) is 18.0 Å². The lowest BCUT2D eigenvalue weighted by Gasteiger charge is -2.25. The zero-order chi connectivity index (χ0) is 11.6. The average molecular weight is 239 g/mol. The van der Waals surface area contributed by atoms with E-state index in [1.165, 1.54) is 5.56 Å². The molecule has 0 saturated carbocycles. The summed E-state index contributed by atoms with van der Waals surface area (Å²) in [6.07, 6.45) is 0. The molecule has 0 bridgehead atoms. The maximum atomic E-state index is 5.38. The first-order valence-electron chi connectivity index (χ1n) is 5.35. The molecule has 0 spiro atoms. The van der Waals surface area contributed by atoms with Crippen LogP contribution in [0.4, 0.5) is 0 Å². The van der Waals surface area contributed by atoms with Gasteiger partial charge in [-0.25, -0.2) is 0 Å². The number of fused-ring (bicyclic) bond motifs is 1. The van der Waals surface area contributed by atoms with Crippen molar-refractivity contribution in [3.8, 4) is 11.5 Å². The number of thiol groups is 1. The van der Waals surface area contributed by atoms with Gasteiger partial charge in [-0.2, -0.15) is 12.6 Å². The first-order valence-corrected chi connectivity index (χ1v) is 5.98. The number of rotatable bonds is 4. The largest absolute Gasteiger partial charge is 0.454 e. The summed E-state index contributed by atoms with van der Waals surface area (Å²) >= 11 is 4.15. The van der Waals surface area contributed by atoms with Gasteiger partial charge < -0.3 is 14.8 Å². The first kappa shape index (κ1) is 11.6. The Balaban J connectivity index is 2.20. The summed E-state index contributed by atoms with van der Waals surface area (Å²) in [7, 11) is 0. The second-order valence-corrected chi connectivity index (χ2v) is 4.85. The Morgan fingerprint density at radius 3 is 2.81 bits per heavy atom. The van der Waals surface area contributed by atoms with E-state index < -0.39 is 0 Å². The van der Waals surface area contributed by atoms with Gasteiger partial charge in [0.25, 0.3) is 0 Å². The summed E-state index contributed by atoms with van der Waals surface area (Å²) in [6.45, 7) is 5.60. The minimum atomic E-state index is 0.0592. The van der Waals surface area contributed by atoms with E-state index in [-0.39, 0.29) is 5.41 Å². The van der Waals surface area contributed by atoms with E-state index in [4.69, 9.17) is 9.47 Å². The fourth-order valence-electron chi connectivity index (χ4n) is 1.79. The summed E-state index contributed by atoms with van der Waals surface area (Å²) in [5.41, 5.74) is 1.30. The molecule has 1 aliphatic heterocycles. The third-order valence-corrected chi connectivity index (χ3v) is 3.06. The van der Waals surface area contributed by atoms with Crippen LogP contribution in [0, 0.1) is 0 Å². The van der Waals surface area contributed by atoms with Crippen molar-refractivity contribution in [2.24, 2.45) is 0 Å². The molecular weight excluding hydrogens is 222 g/mol. The van der Waals surface area contributed by atoms with Crippen molar-refractivity contribution in [1.82, 2.24) is 5.32 Å². The normalized spacial score (nSPS) is 14.2. The third-order valence-electron chi connectivity index (χ3n) is 2.83. The second-order valence-electron chi connectivity index (χ2n) is 4.54. The van der Waals surface area contributed by atoms with Crippen molar-refractivity contribution in [1.29, 1.82) is 0 Å². The third kappa shape index (κ3) is 2.28. The number of benzene rings is 1. The monoisotopic (exact) mass is 239 g/mol. The van der Waals surface area contributed by atoms with Gasteiger partial charge in [-0.3, -0.25) is 0 Å².